The summed E-state index contributed by atoms with van der Waals surface area (Å²) in [4.78, 5) is 19.3. The van der Waals surface area contributed by atoms with Crippen molar-refractivity contribution in [3.8, 4) is 6.07 Å². The molecule has 1 fully saturated rings. The maximum atomic E-state index is 11.9. The fraction of sp³-hybridized carbons (Fsp3) is 0.438. The lowest BCUT2D eigenvalue weighted by molar-refractivity contribution is -0.121. The van der Waals surface area contributed by atoms with Crippen molar-refractivity contribution in [1.82, 2.24) is 24.6 Å². The van der Waals surface area contributed by atoms with E-state index in [0.29, 0.717) is 18.5 Å². The minimum absolute atomic E-state index is 0.00565. The minimum atomic E-state index is -0.0667. The van der Waals surface area contributed by atoms with Crippen molar-refractivity contribution >= 4 is 22.6 Å². The normalized spacial score (nSPS) is 16.3. The number of Topliss-reactive ketones (excluding diaryl/α,β-unsaturated/α-hetero) is 1. The van der Waals surface area contributed by atoms with Crippen molar-refractivity contribution < 1.29 is 4.79 Å². The molecular weight excluding hydrogens is 292 g/mol. The molecule has 3 aromatic rings. The highest BCUT2D eigenvalue weighted by Crippen LogP contribution is 2.46. The molecule has 1 saturated carbocycles. The van der Waals surface area contributed by atoms with Crippen LogP contribution in [0.2, 0.25) is 0 Å². The third kappa shape index (κ3) is 2.27. The SMILES string of the molecule is N#CCC(=O)CC1(Cc2nnc3cnc4[nH]ccc4n23)CCC1. The number of nitrogens with zero attached hydrogens (tertiary/aromatic N) is 5. The van der Waals surface area contributed by atoms with Crippen LogP contribution in [0.4, 0.5) is 0 Å². The number of aromatic nitrogens is 5. The molecule has 1 N–H and O–H groups in total. The second-order valence-corrected chi connectivity index (χ2v) is 6.36. The zero-order valence-electron chi connectivity index (χ0n) is 12.6. The number of H-pyrrole nitrogens is 1. The summed E-state index contributed by atoms with van der Waals surface area (Å²) in [5, 5.41) is 17.2. The maximum Gasteiger partial charge on any atom is 0.179 e. The minimum Gasteiger partial charge on any atom is -0.345 e. The molecule has 0 aromatic carbocycles. The van der Waals surface area contributed by atoms with Gasteiger partial charge in [-0.05, 0) is 24.3 Å². The Hall–Kier alpha value is -2.75. The first-order valence-electron chi connectivity index (χ1n) is 7.76. The predicted molar refractivity (Wildman–Crippen MR) is 82.5 cm³/mol. The first kappa shape index (κ1) is 13.9. The number of fused-ring (bicyclic) bond motifs is 3. The van der Waals surface area contributed by atoms with Gasteiger partial charge in [0.05, 0.1) is 24.2 Å². The second-order valence-electron chi connectivity index (χ2n) is 6.36. The van der Waals surface area contributed by atoms with Crippen LogP contribution in [0.15, 0.2) is 18.5 Å². The molecule has 1 aliphatic rings. The molecule has 0 aliphatic heterocycles. The Morgan fingerprint density at radius 3 is 3.04 bits per heavy atom. The molecule has 0 unspecified atom stereocenters. The molecule has 1 aliphatic carbocycles. The monoisotopic (exact) mass is 308 g/mol. The Balaban J connectivity index is 1.70. The summed E-state index contributed by atoms with van der Waals surface area (Å²) in [6.07, 6.45) is 7.82. The number of nitriles is 1. The van der Waals surface area contributed by atoms with E-state index in [-0.39, 0.29) is 17.6 Å². The van der Waals surface area contributed by atoms with Crippen LogP contribution in [-0.4, -0.2) is 30.3 Å². The van der Waals surface area contributed by atoms with Gasteiger partial charge in [0.1, 0.15) is 11.6 Å². The summed E-state index contributed by atoms with van der Waals surface area (Å²) in [5.74, 6) is 0.880. The molecule has 116 valence electrons. The molecule has 23 heavy (non-hydrogen) atoms. The molecule has 3 heterocycles. The van der Waals surface area contributed by atoms with Crippen LogP contribution in [0.1, 0.15) is 37.9 Å². The lowest BCUT2D eigenvalue weighted by Gasteiger charge is -2.41. The Labute approximate surface area is 132 Å². The van der Waals surface area contributed by atoms with Crippen molar-refractivity contribution in [2.45, 2.75) is 38.5 Å². The van der Waals surface area contributed by atoms with Gasteiger partial charge < -0.3 is 4.98 Å². The number of hydrogen-bond acceptors (Lipinski definition) is 5. The number of rotatable bonds is 5. The molecule has 0 saturated heterocycles. The molecule has 7 nitrogen and oxygen atoms in total. The van der Waals surface area contributed by atoms with Gasteiger partial charge in [-0.2, -0.15) is 5.26 Å². The van der Waals surface area contributed by atoms with Crippen LogP contribution in [0.5, 0.6) is 0 Å². The van der Waals surface area contributed by atoms with E-state index in [4.69, 9.17) is 5.26 Å². The van der Waals surface area contributed by atoms with Gasteiger partial charge in [0.15, 0.2) is 11.3 Å². The quantitative estimate of drug-likeness (QED) is 0.778. The maximum absolute atomic E-state index is 11.9. The zero-order valence-corrected chi connectivity index (χ0v) is 12.6. The lowest BCUT2D eigenvalue weighted by atomic mass is 9.63. The summed E-state index contributed by atoms with van der Waals surface area (Å²) in [7, 11) is 0. The van der Waals surface area contributed by atoms with E-state index in [1.165, 1.54) is 0 Å². The lowest BCUT2D eigenvalue weighted by Crippen LogP contribution is -2.35. The molecule has 7 heteroatoms. The summed E-state index contributed by atoms with van der Waals surface area (Å²) in [6, 6.07) is 3.91. The van der Waals surface area contributed by atoms with Gasteiger partial charge in [-0.15, -0.1) is 10.2 Å². The highest BCUT2D eigenvalue weighted by Gasteiger charge is 2.40. The van der Waals surface area contributed by atoms with E-state index in [2.05, 4.69) is 20.2 Å². The van der Waals surface area contributed by atoms with E-state index < -0.39 is 0 Å². The van der Waals surface area contributed by atoms with Gasteiger partial charge in [-0.25, -0.2) is 4.98 Å². The smallest absolute Gasteiger partial charge is 0.179 e. The van der Waals surface area contributed by atoms with Crippen LogP contribution < -0.4 is 0 Å². The second kappa shape index (κ2) is 5.16. The number of hydrogen-bond donors (Lipinski definition) is 1. The number of carbonyl (C=O) groups is 1. The number of ketones is 1. The topological polar surface area (TPSA) is 99.7 Å². The van der Waals surface area contributed by atoms with Gasteiger partial charge in [-0.1, -0.05) is 6.42 Å². The van der Waals surface area contributed by atoms with Gasteiger partial charge in [0.2, 0.25) is 0 Å². The largest absolute Gasteiger partial charge is 0.345 e. The third-order valence-electron chi connectivity index (χ3n) is 4.80. The van der Waals surface area contributed by atoms with Gasteiger partial charge in [-0.3, -0.25) is 9.20 Å². The molecule has 0 bridgehead atoms. The molecule has 0 spiro atoms. The van der Waals surface area contributed by atoms with E-state index in [1.54, 1.807) is 6.20 Å². The Kier molecular flexibility index (Phi) is 3.11. The van der Waals surface area contributed by atoms with Crippen molar-refractivity contribution in [1.29, 1.82) is 5.26 Å². The molecule has 0 radical (unpaired) electrons. The van der Waals surface area contributed by atoms with Crippen LogP contribution in [-0.2, 0) is 11.2 Å². The standard InChI is InChI=1S/C16H16N6O/c17-6-2-11(23)8-16(4-1-5-16)9-13-20-21-14-10-19-15-12(22(13)14)3-7-18-15/h3,7,10,18H,1-2,4-5,8-9H2. The average Bonchev–Trinajstić information content (AvgIpc) is 3.10. The van der Waals surface area contributed by atoms with E-state index in [1.807, 2.05) is 22.7 Å². The van der Waals surface area contributed by atoms with Crippen molar-refractivity contribution in [2.75, 3.05) is 0 Å². The van der Waals surface area contributed by atoms with Crippen molar-refractivity contribution in [3.05, 3.63) is 24.3 Å². The molecular formula is C16H16N6O. The van der Waals surface area contributed by atoms with Crippen LogP contribution >= 0.6 is 0 Å². The molecule has 3 aromatic heterocycles. The van der Waals surface area contributed by atoms with Gasteiger partial charge in [0.25, 0.3) is 0 Å². The number of aromatic amines is 1. The van der Waals surface area contributed by atoms with E-state index in [9.17, 15) is 4.79 Å². The van der Waals surface area contributed by atoms with E-state index in [0.717, 1.165) is 36.3 Å². The van der Waals surface area contributed by atoms with Crippen molar-refractivity contribution in [2.24, 2.45) is 5.41 Å². The Morgan fingerprint density at radius 2 is 2.30 bits per heavy atom. The Morgan fingerprint density at radius 1 is 1.43 bits per heavy atom. The fourth-order valence-corrected chi connectivity index (χ4v) is 3.55. The molecule has 4 rings (SSSR count). The molecule has 0 atom stereocenters. The number of nitrogens with one attached hydrogen (secondary N) is 1. The average molecular weight is 308 g/mol. The number of carbonyl (C=O) groups excluding carboxylic acids is 1. The van der Waals surface area contributed by atoms with Gasteiger partial charge >= 0.3 is 0 Å². The first-order chi connectivity index (χ1) is 11.2. The van der Waals surface area contributed by atoms with Crippen LogP contribution in [0.25, 0.3) is 16.8 Å². The van der Waals surface area contributed by atoms with Crippen LogP contribution in [0.3, 0.4) is 0 Å². The first-order valence-corrected chi connectivity index (χ1v) is 7.76. The van der Waals surface area contributed by atoms with E-state index >= 15 is 0 Å². The summed E-state index contributed by atoms with van der Waals surface area (Å²) >= 11 is 0. The fourth-order valence-electron chi connectivity index (χ4n) is 3.55. The molecule has 0 amide bonds. The Bertz CT molecular complexity index is 927. The highest BCUT2D eigenvalue weighted by molar-refractivity contribution is 5.81. The van der Waals surface area contributed by atoms with Crippen molar-refractivity contribution in [3.63, 3.8) is 0 Å². The summed E-state index contributed by atoms with van der Waals surface area (Å²) in [5.41, 5.74) is 2.38. The highest BCUT2D eigenvalue weighted by atomic mass is 16.1. The summed E-state index contributed by atoms with van der Waals surface area (Å²) < 4.78 is 2.01. The van der Waals surface area contributed by atoms with Gasteiger partial charge in [0, 0.05) is 19.0 Å². The van der Waals surface area contributed by atoms with Crippen LogP contribution in [0, 0.1) is 16.7 Å². The summed E-state index contributed by atoms with van der Waals surface area (Å²) in [6.45, 7) is 0. The third-order valence-corrected chi connectivity index (χ3v) is 4.80. The predicted octanol–water partition coefficient (Wildman–Crippen LogP) is 2.19. The zero-order chi connectivity index (χ0) is 15.9.